The van der Waals surface area contributed by atoms with Crippen molar-refractivity contribution in [1.29, 1.82) is 0 Å². The highest BCUT2D eigenvalue weighted by molar-refractivity contribution is 7.92. The lowest BCUT2D eigenvalue weighted by Gasteiger charge is -2.30. The minimum Gasteiger partial charge on any atom is -0.352 e. The van der Waals surface area contributed by atoms with E-state index in [1.807, 2.05) is 69.3 Å². The van der Waals surface area contributed by atoms with Crippen LogP contribution in [0.5, 0.6) is 0 Å². The van der Waals surface area contributed by atoms with Crippen LogP contribution in [0.4, 0.5) is 5.69 Å². The molecule has 33 heavy (non-hydrogen) atoms. The molecule has 0 saturated carbocycles. The van der Waals surface area contributed by atoms with Crippen LogP contribution in [-0.2, 0) is 26.2 Å². The Morgan fingerprint density at radius 3 is 2.24 bits per heavy atom. The average molecular weight is 474 g/mol. The number of aryl methyl sites for hydroxylation is 1. The molecule has 0 saturated heterocycles. The number of benzene rings is 2. The first-order chi connectivity index (χ1) is 15.5. The average Bonchev–Trinajstić information content (AvgIpc) is 2.73. The molecule has 180 valence electrons. The highest BCUT2D eigenvalue weighted by Gasteiger charge is 2.27. The Morgan fingerprint density at radius 1 is 1.00 bits per heavy atom. The molecular formula is C25H35N3O4S. The third-order valence-corrected chi connectivity index (χ3v) is 6.43. The van der Waals surface area contributed by atoms with E-state index in [1.54, 1.807) is 17.9 Å². The lowest BCUT2D eigenvalue weighted by molar-refractivity contribution is -0.140. The van der Waals surface area contributed by atoms with Crippen molar-refractivity contribution in [3.05, 3.63) is 65.7 Å². The number of sulfonamides is 1. The summed E-state index contributed by atoms with van der Waals surface area (Å²) >= 11 is 0. The molecule has 2 amide bonds. The predicted molar refractivity (Wildman–Crippen MR) is 132 cm³/mol. The topological polar surface area (TPSA) is 86.8 Å². The van der Waals surface area contributed by atoms with Crippen LogP contribution in [-0.4, -0.2) is 50.0 Å². The molecule has 1 atom stereocenters. The number of rotatable bonds is 11. The van der Waals surface area contributed by atoms with E-state index < -0.39 is 16.1 Å². The van der Waals surface area contributed by atoms with E-state index in [-0.39, 0.29) is 30.8 Å². The van der Waals surface area contributed by atoms with E-state index in [9.17, 15) is 18.0 Å². The zero-order chi connectivity index (χ0) is 24.6. The maximum atomic E-state index is 13.2. The predicted octanol–water partition coefficient (Wildman–Crippen LogP) is 3.48. The summed E-state index contributed by atoms with van der Waals surface area (Å²) in [4.78, 5) is 27.4. The van der Waals surface area contributed by atoms with Gasteiger partial charge in [-0.15, -0.1) is 0 Å². The fourth-order valence-electron chi connectivity index (χ4n) is 3.55. The zero-order valence-corrected chi connectivity index (χ0v) is 20.9. The number of carbonyl (C=O) groups excluding carboxylic acids is 2. The van der Waals surface area contributed by atoms with Gasteiger partial charge in [-0.05, 0) is 57.4 Å². The van der Waals surface area contributed by atoms with E-state index >= 15 is 0 Å². The number of hydrogen-bond acceptors (Lipinski definition) is 4. The summed E-state index contributed by atoms with van der Waals surface area (Å²) in [6.07, 6.45) is 1.63. The van der Waals surface area contributed by atoms with E-state index in [0.717, 1.165) is 17.4 Å². The number of anilines is 1. The molecule has 8 heteroatoms. The van der Waals surface area contributed by atoms with Crippen molar-refractivity contribution in [2.75, 3.05) is 17.1 Å². The van der Waals surface area contributed by atoms with Crippen molar-refractivity contribution in [2.24, 2.45) is 0 Å². The molecule has 0 heterocycles. The smallest absolute Gasteiger partial charge is 0.242 e. The van der Waals surface area contributed by atoms with Crippen LogP contribution in [0.15, 0.2) is 54.6 Å². The summed E-state index contributed by atoms with van der Waals surface area (Å²) in [5.74, 6) is -0.408. The summed E-state index contributed by atoms with van der Waals surface area (Å²) < 4.78 is 26.1. The van der Waals surface area contributed by atoms with Crippen LogP contribution in [0.3, 0.4) is 0 Å². The molecule has 0 spiro atoms. The second-order valence-corrected chi connectivity index (χ2v) is 10.5. The third-order valence-electron chi connectivity index (χ3n) is 5.24. The molecule has 1 unspecified atom stereocenters. The van der Waals surface area contributed by atoms with Gasteiger partial charge in [-0.2, -0.15) is 0 Å². The summed E-state index contributed by atoms with van der Waals surface area (Å²) in [6, 6.07) is 16.1. The molecule has 0 bridgehead atoms. The molecular weight excluding hydrogens is 438 g/mol. The molecule has 0 aliphatic rings. The van der Waals surface area contributed by atoms with Crippen molar-refractivity contribution in [1.82, 2.24) is 10.2 Å². The van der Waals surface area contributed by atoms with Crippen molar-refractivity contribution in [3.8, 4) is 0 Å². The van der Waals surface area contributed by atoms with Crippen LogP contribution in [0, 0.1) is 6.92 Å². The molecule has 0 aliphatic heterocycles. The van der Waals surface area contributed by atoms with Gasteiger partial charge in [0.25, 0.3) is 0 Å². The van der Waals surface area contributed by atoms with Gasteiger partial charge in [0, 0.05) is 25.6 Å². The number of hydrogen-bond donors (Lipinski definition) is 1. The Hall–Kier alpha value is -2.87. The second-order valence-electron chi connectivity index (χ2n) is 8.62. The van der Waals surface area contributed by atoms with Crippen LogP contribution < -0.4 is 9.62 Å². The molecule has 2 aromatic carbocycles. The first kappa shape index (κ1) is 26.4. The van der Waals surface area contributed by atoms with E-state index in [1.165, 1.54) is 4.31 Å². The largest absolute Gasteiger partial charge is 0.352 e. The van der Waals surface area contributed by atoms with Gasteiger partial charge in [0.2, 0.25) is 21.8 Å². The fraction of sp³-hybridized carbons (Fsp3) is 0.440. The monoisotopic (exact) mass is 473 g/mol. The minimum atomic E-state index is -3.50. The van der Waals surface area contributed by atoms with Crippen LogP contribution in [0.2, 0.25) is 0 Å². The zero-order valence-electron chi connectivity index (χ0n) is 20.1. The third kappa shape index (κ3) is 8.20. The van der Waals surface area contributed by atoms with Gasteiger partial charge in [0.15, 0.2) is 0 Å². The van der Waals surface area contributed by atoms with Crippen molar-refractivity contribution in [2.45, 2.75) is 59.2 Å². The lowest BCUT2D eigenvalue weighted by atomic mass is 10.1. The van der Waals surface area contributed by atoms with E-state index in [0.29, 0.717) is 18.7 Å². The Balaban J connectivity index is 2.14. The molecule has 0 radical (unpaired) electrons. The number of nitrogens with one attached hydrogen (secondary N) is 1. The quantitative estimate of drug-likeness (QED) is 0.541. The second kappa shape index (κ2) is 11.8. The molecule has 0 aliphatic carbocycles. The molecule has 2 aromatic rings. The van der Waals surface area contributed by atoms with Gasteiger partial charge in [0.05, 0.1) is 11.9 Å². The van der Waals surface area contributed by atoms with Gasteiger partial charge < -0.3 is 10.2 Å². The highest BCUT2D eigenvalue weighted by atomic mass is 32.2. The normalized spacial score (nSPS) is 12.3. The SMILES string of the molecule is Cc1cccc(N(CCCC(=O)N(Cc2ccccc2)C(C)C(=O)NC(C)C)S(C)(=O)=O)c1. The molecule has 1 N–H and O–H groups in total. The van der Waals surface area contributed by atoms with Crippen LogP contribution in [0.25, 0.3) is 0 Å². The number of nitrogens with zero attached hydrogens (tertiary/aromatic N) is 2. The van der Waals surface area contributed by atoms with Gasteiger partial charge in [-0.1, -0.05) is 42.5 Å². The Labute approximate surface area is 197 Å². The summed E-state index contributed by atoms with van der Waals surface area (Å²) in [5.41, 5.74) is 2.46. The Kier molecular flexibility index (Phi) is 9.46. The molecule has 0 aromatic heterocycles. The van der Waals surface area contributed by atoms with Crippen LogP contribution in [0.1, 0.15) is 44.7 Å². The van der Waals surface area contributed by atoms with Gasteiger partial charge in [-0.3, -0.25) is 13.9 Å². The lowest BCUT2D eigenvalue weighted by Crippen LogP contribution is -2.49. The molecule has 7 nitrogen and oxygen atoms in total. The van der Waals surface area contributed by atoms with Crippen molar-refractivity contribution >= 4 is 27.5 Å². The minimum absolute atomic E-state index is 0.0359. The highest BCUT2D eigenvalue weighted by Crippen LogP contribution is 2.20. The van der Waals surface area contributed by atoms with Gasteiger partial charge >= 0.3 is 0 Å². The maximum absolute atomic E-state index is 13.2. The first-order valence-electron chi connectivity index (χ1n) is 11.2. The van der Waals surface area contributed by atoms with E-state index in [2.05, 4.69) is 5.32 Å². The molecule has 2 rings (SSSR count). The van der Waals surface area contributed by atoms with Crippen molar-refractivity contribution in [3.63, 3.8) is 0 Å². The van der Waals surface area contributed by atoms with Gasteiger partial charge in [0.1, 0.15) is 6.04 Å². The van der Waals surface area contributed by atoms with E-state index in [4.69, 9.17) is 0 Å². The summed E-state index contributed by atoms with van der Waals surface area (Å²) in [7, 11) is -3.50. The van der Waals surface area contributed by atoms with Crippen molar-refractivity contribution < 1.29 is 18.0 Å². The summed E-state index contributed by atoms with van der Waals surface area (Å²) in [5, 5.41) is 2.86. The Bertz CT molecular complexity index is 1040. The van der Waals surface area contributed by atoms with Gasteiger partial charge in [-0.25, -0.2) is 8.42 Å². The Morgan fingerprint density at radius 2 is 1.67 bits per heavy atom. The van der Waals surface area contributed by atoms with Crippen LogP contribution >= 0.6 is 0 Å². The molecule has 0 fully saturated rings. The summed E-state index contributed by atoms with van der Waals surface area (Å²) in [6.45, 7) is 7.85. The fourth-order valence-corrected chi connectivity index (χ4v) is 4.51. The first-order valence-corrected chi connectivity index (χ1v) is 13.0. The number of amides is 2. The number of carbonyl (C=O) groups is 2. The maximum Gasteiger partial charge on any atom is 0.242 e. The standard InChI is InChI=1S/C25H35N3O4S/c1-19(2)26-25(30)21(4)27(18-22-12-7-6-8-13-22)24(29)15-10-16-28(33(5,31)32)23-14-9-11-20(3)17-23/h6-9,11-14,17,19,21H,10,15-16,18H2,1-5H3,(H,26,30).